The number of ether oxygens (including phenoxy) is 1. The molecule has 226 valence electrons. The third-order valence-electron chi connectivity index (χ3n) is 7.72. The van der Waals surface area contributed by atoms with Crippen molar-refractivity contribution < 1.29 is 27.5 Å². The van der Waals surface area contributed by atoms with Crippen molar-refractivity contribution >= 4 is 56.5 Å². The average Bonchev–Trinajstić information content (AvgIpc) is 3.30. The van der Waals surface area contributed by atoms with E-state index in [-0.39, 0.29) is 30.1 Å². The van der Waals surface area contributed by atoms with Gasteiger partial charge in [0.15, 0.2) is 11.6 Å². The van der Waals surface area contributed by atoms with Gasteiger partial charge in [-0.15, -0.1) is 12.4 Å². The summed E-state index contributed by atoms with van der Waals surface area (Å²) in [5, 5.41) is 6.98. The predicted molar refractivity (Wildman–Crippen MR) is 163 cm³/mol. The highest BCUT2D eigenvalue weighted by Gasteiger charge is 2.55. The van der Waals surface area contributed by atoms with Crippen molar-refractivity contribution in [2.75, 3.05) is 24.1 Å². The van der Waals surface area contributed by atoms with Crippen molar-refractivity contribution in [3.8, 4) is 5.75 Å². The van der Waals surface area contributed by atoms with Gasteiger partial charge in [0.05, 0.1) is 23.4 Å². The Hall–Kier alpha value is -3.45. The fraction of sp³-hybridized carbons (Fsp3) is 0.414. The van der Waals surface area contributed by atoms with Crippen LogP contribution in [0.2, 0.25) is 0 Å². The second-order valence-corrected chi connectivity index (χ2v) is 13.3. The quantitative estimate of drug-likeness (QED) is 0.240. The smallest absolute Gasteiger partial charge is 0.240 e. The minimum atomic E-state index is -3.61. The van der Waals surface area contributed by atoms with E-state index >= 15 is 0 Å². The molecule has 1 fully saturated rings. The number of H-pyrrole nitrogens is 1. The van der Waals surface area contributed by atoms with E-state index in [1.807, 2.05) is 24.3 Å². The summed E-state index contributed by atoms with van der Waals surface area (Å²) < 4.78 is 32.5. The number of para-hydroxylation sites is 1. The van der Waals surface area contributed by atoms with Gasteiger partial charge in [-0.25, -0.2) is 8.42 Å². The number of anilines is 1. The van der Waals surface area contributed by atoms with Crippen LogP contribution in [-0.2, 0) is 26.0 Å². The van der Waals surface area contributed by atoms with Crippen LogP contribution >= 0.6 is 12.4 Å². The SMILES string of the molecule is CC(C)(N)C(=O)N[C@H](Cc1c[nH]c2ccccc12)C(=O)C1C(=O)c2cc(NS(C)(=O)=O)ccc2OC12CCNCC2.Cl. The first-order valence-corrected chi connectivity index (χ1v) is 15.4. The molecule has 2 atom stereocenters. The Kier molecular flexibility index (Phi) is 8.75. The Balaban J connectivity index is 0.00000405. The van der Waals surface area contributed by atoms with Gasteiger partial charge < -0.3 is 26.1 Å². The van der Waals surface area contributed by atoms with Crippen molar-refractivity contribution in [1.29, 1.82) is 0 Å². The highest BCUT2D eigenvalue weighted by molar-refractivity contribution is 7.92. The van der Waals surface area contributed by atoms with Crippen molar-refractivity contribution in [2.24, 2.45) is 11.7 Å². The van der Waals surface area contributed by atoms with Crippen LogP contribution in [-0.4, -0.2) is 67.4 Å². The van der Waals surface area contributed by atoms with Crippen LogP contribution in [0.15, 0.2) is 48.7 Å². The second-order valence-electron chi connectivity index (χ2n) is 11.5. The molecule has 1 amide bonds. The highest BCUT2D eigenvalue weighted by atomic mass is 35.5. The van der Waals surface area contributed by atoms with Gasteiger partial charge in [0.25, 0.3) is 0 Å². The normalized spacial score (nSPS) is 18.9. The Morgan fingerprint density at radius 1 is 1.17 bits per heavy atom. The van der Waals surface area contributed by atoms with Gasteiger partial charge in [0.1, 0.15) is 17.3 Å². The molecule has 2 aliphatic rings. The van der Waals surface area contributed by atoms with E-state index < -0.39 is 50.6 Å². The van der Waals surface area contributed by atoms with Crippen molar-refractivity contribution in [3.63, 3.8) is 0 Å². The Bertz CT molecular complexity index is 1620. The number of carbonyl (C=O) groups is 3. The molecular weight excluding hydrogens is 582 g/mol. The van der Waals surface area contributed by atoms with E-state index in [9.17, 15) is 22.8 Å². The summed E-state index contributed by atoms with van der Waals surface area (Å²) in [7, 11) is -3.61. The molecule has 11 nitrogen and oxygen atoms in total. The second kappa shape index (κ2) is 11.7. The molecule has 0 bridgehead atoms. The number of aromatic amines is 1. The zero-order valence-corrected chi connectivity index (χ0v) is 25.3. The van der Waals surface area contributed by atoms with E-state index in [0.29, 0.717) is 31.7 Å². The number of rotatable bonds is 8. The number of halogens is 1. The molecular formula is C29H36ClN5O6S. The third-order valence-corrected chi connectivity index (χ3v) is 8.32. The number of carbonyl (C=O) groups excluding carboxylic acids is 3. The number of Topliss-reactive ketones (excluding diaryl/α,β-unsaturated/α-hetero) is 2. The lowest BCUT2D eigenvalue weighted by Crippen LogP contribution is -2.63. The molecule has 1 aromatic heterocycles. The summed E-state index contributed by atoms with van der Waals surface area (Å²) in [6, 6.07) is 11.0. The summed E-state index contributed by atoms with van der Waals surface area (Å²) in [6.07, 6.45) is 3.73. The Labute approximate surface area is 250 Å². The summed E-state index contributed by atoms with van der Waals surface area (Å²) in [4.78, 5) is 45.0. The van der Waals surface area contributed by atoms with Gasteiger partial charge in [0, 0.05) is 42.0 Å². The third kappa shape index (κ3) is 6.31. The number of fused-ring (bicyclic) bond motifs is 2. The molecule has 1 unspecified atom stereocenters. The van der Waals surface area contributed by atoms with Crippen LogP contribution < -0.4 is 25.8 Å². The molecule has 2 aliphatic heterocycles. The Morgan fingerprint density at radius 2 is 1.86 bits per heavy atom. The maximum atomic E-state index is 14.5. The molecule has 1 spiro atoms. The number of sulfonamides is 1. The first-order valence-electron chi connectivity index (χ1n) is 13.5. The number of hydrogen-bond donors (Lipinski definition) is 5. The Morgan fingerprint density at radius 3 is 2.52 bits per heavy atom. The number of aromatic nitrogens is 1. The number of nitrogens with two attached hydrogens (primary N) is 1. The molecule has 13 heteroatoms. The number of ketones is 2. The van der Waals surface area contributed by atoms with E-state index in [1.54, 1.807) is 26.1 Å². The lowest BCUT2D eigenvalue weighted by molar-refractivity contribution is -0.136. The fourth-order valence-electron chi connectivity index (χ4n) is 5.68. The molecule has 3 heterocycles. The molecule has 3 aromatic rings. The largest absolute Gasteiger partial charge is 0.485 e. The number of benzene rings is 2. The van der Waals surface area contributed by atoms with E-state index in [1.165, 1.54) is 12.1 Å². The van der Waals surface area contributed by atoms with E-state index in [0.717, 1.165) is 22.7 Å². The summed E-state index contributed by atoms with van der Waals surface area (Å²) in [5.74, 6) is -2.42. The number of hydrogen-bond acceptors (Lipinski definition) is 8. The van der Waals surface area contributed by atoms with Gasteiger partial charge in [-0.2, -0.15) is 0 Å². The van der Waals surface area contributed by atoms with Crippen LogP contribution in [0.4, 0.5) is 5.69 Å². The van der Waals surface area contributed by atoms with Gasteiger partial charge in [-0.05, 0) is 56.8 Å². The summed E-state index contributed by atoms with van der Waals surface area (Å²) in [6.45, 7) is 4.17. The van der Waals surface area contributed by atoms with Gasteiger partial charge in [0.2, 0.25) is 15.9 Å². The molecule has 1 saturated heterocycles. The molecule has 0 saturated carbocycles. The number of piperidine rings is 1. The number of nitrogens with one attached hydrogen (secondary N) is 4. The molecule has 5 rings (SSSR count). The summed E-state index contributed by atoms with van der Waals surface area (Å²) >= 11 is 0. The van der Waals surface area contributed by atoms with Crippen LogP contribution in [0.5, 0.6) is 5.75 Å². The minimum absolute atomic E-state index is 0. The lowest BCUT2D eigenvalue weighted by atomic mass is 9.70. The average molecular weight is 618 g/mol. The van der Waals surface area contributed by atoms with E-state index in [4.69, 9.17) is 10.5 Å². The van der Waals surface area contributed by atoms with Crippen molar-refractivity contribution in [2.45, 2.75) is 50.3 Å². The molecule has 0 radical (unpaired) electrons. The lowest BCUT2D eigenvalue weighted by Gasteiger charge is -2.46. The summed E-state index contributed by atoms with van der Waals surface area (Å²) in [5.41, 5.74) is 5.66. The van der Waals surface area contributed by atoms with Crippen molar-refractivity contribution in [1.82, 2.24) is 15.6 Å². The van der Waals surface area contributed by atoms with Gasteiger partial charge in [-0.1, -0.05) is 18.2 Å². The monoisotopic (exact) mass is 617 g/mol. The van der Waals surface area contributed by atoms with Crippen molar-refractivity contribution in [3.05, 3.63) is 59.8 Å². The molecule has 2 aromatic carbocycles. The van der Waals surface area contributed by atoms with Crippen LogP contribution in [0.3, 0.4) is 0 Å². The number of amides is 1. The fourth-order valence-corrected chi connectivity index (χ4v) is 6.23. The molecule has 6 N–H and O–H groups in total. The standard InChI is InChI=1S/C29H35N5O6S.ClH/c1-28(2,30)27(37)33-22(14-17-16-32-21-7-5-4-6-19(17)21)26(36)24-25(35)20-15-18(34-41(3,38)39)8-9-23(20)40-29(24)10-12-31-13-11-29;/h4-9,15-16,22,24,31-32,34H,10-14,30H2,1-3H3,(H,33,37);1H/t22-,24?;/m1./s1. The predicted octanol–water partition coefficient (Wildman–Crippen LogP) is 2.31. The molecule has 42 heavy (non-hydrogen) atoms. The van der Waals surface area contributed by atoms with Crippen LogP contribution in [0.1, 0.15) is 42.6 Å². The highest BCUT2D eigenvalue weighted by Crippen LogP contribution is 2.44. The van der Waals surface area contributed by atoms with E-state index in [2.05, 4.69) is 20.3 Å². The maximum Gasteiger partial charge on any atom is 0.240 e. The van der Waals surface area contributed by atoms with Crippen LogP contribution in [0, 0.1) is 5.92 Å². The zero-order valence-electron chi connectivity index (χ0n) is 23.7. The zero-order chi connectivity index (χ0) is 29.6. The van der Waals surface area contributed by atoms with Crippen LogP contribution in [0.25, 0.3) is 10.9 Å². The van der Waals surface area contributed by atoms with Gasteiger partial charge >= 0.3 is 0 Å². The molecule has 0 aliphatic carbocycles. The minimum Gasteiger partial charge on any atom is -0.485 e. The van der Waals surface area contributed by atoms with Gasteiger partial charge in [-0.3, -0.25) is 19.1 Å². The topological polar surface area (TPSA) is 172 Å². The first kappa shape index (κ1) is 31.5. The first-order chi connectivity index (χ1) is 19.3. The maximum absolute atomic E-state index is 14.5.